The number of hydrogen-bond acceptors (Lipinski definition) is 3. The summed E-state index contributed by atoms with van der Waals surface area (Å²) in [5, 5.41) is 16.9. The van der Waals surface area contributed by atoms with Crippen molar-refractivity contribution in [3.8, 4) is 0 Å². The molecule has 3 N–H and O–H groups in total. The molecule has 0 aliphatic carbocycles. The van der Waals surface area contributed by atoms with Gasteiger partial charge in [0.2, 0.25) is 0 Å². The zero-order chi connectivity index (χ0) is 15.9. The zero-order valence-corrected chi connectivity index (χ0v) is 13.9. The topological polar surface area (TPSA) is 69.8 Å². The number of nitrogens with one attached hydrogen (secondary N) is 2. The molecule has 0 fully saturated rings. The first kappa shape index (κ1) is 17.6. The maximum atomic E-state index is 10.5. The number of aryl methyl sites for hydroxylation is 1. The molecule has 1 atom stereocenters. The predicted molar refractivity (Wildman–Crippen MR) is 86.5 cm³/mol. The van der Waals surface area contributed by atoms with E-state index in [1.54, 1.807) is 13.0 Å². The van der Waals surface area contributed by atoms with Crippen LogP contribution in [0.4, 0.5) is 0 Å². The van der Waals surface area contributed by atoms with E-state index in [1.807, 2.05) is 19.9 Å². The number of rotatable bonds is 7. The highest BCUT2D eigenvalue weighted by molar-refractivity contribution is 5.79. The van der Waals surface area contributed by atoms with Crippen LogP contribution in [0.2, 0.25) is 0 Å². The maximum Gasteiger partial charge on any atom is 0.191 e. The van der Waals surface area contributed by atoms with Crippen molar-refractivity contribution in [3.63, 3.8) is 0 Å². The highest BCUT2D eigenvalue weighted by atomic mass is 16.4. The minimum Gasteiger partial charge on any atom is -0.463 e. The molecular formula is C16H29N3O2. The monoisotopic (exact) mass is 295 g/mol. The fourth-order valence-corrected chi connectivity index (χ4v) is 1.86. The van der Waals surface area contributed by atoms with Crippen molar-refractivity contribution in [1.29, 1.82) is 0 Å². The van der Waals surface area contributed by atoms with E-state index < -0.39 is 5.60 Å². The van der Waals surface area contributed by atoms with Crippen molar-refractivity contribution in [1.82, 2.24) is 10.6 Å². The fourth-order valence-electron chi connectivity index (χ4n) is 1.86. The van der Waals surface area contributed by atoms with Crippen LogP contribution in [-0.2, 0) is 5.60 Å². The molecule has 0 bridgehead atoms. The van der Waals surface area contributed by atoms with Crippen molar-refractivity contribution in [2.24, 2.45) is 10.9 Å². The SMILES string of the molecule is CCNC(=NCC(C)(O)c1ccc(C)o1)NCCC(C)C. The van der Waals surface area contributed by atoms with Crippen molar-refractivity contribution in [2.75, 3.05) is 19.6 Å². The van der Waals surface area contributed by atoms with Gasteiger partial charge in [-0.3, -0.25) is 0 Å². The third-order valence-electron chi connectivity index (χ3n) is 3.17. The van der Waals surface area contributed by atoms with Gasteiger partial charge in [-0.25, -0.2) is 4.99 Å². The number of nitrogens with zero attached hydrogens (tertiary/aromatic N) is 1. The fraction of sp³-hybridized carbons (Fsp3) is 0.688. The molecular weight excluding hydrogens is 266 g/mol. The van der Waals surface area contributed by atoms with Crippen LogP contribution >= 0.6 is 0 Å². The lowest BCUT2D eigenvalue weighted by Gasteiger charge is -2.20. The molecule has 0 aromatic carbocycles. The summed E-state index contributed by atoms with van der Waals surface area (Å²) in [4.78, 5) is 4.45. The smallest absolute Gasteiger partial charge is 0.191 e. The van der Waals surface area contributed by atoms with Gasteiger partial charge >= 0.3 is 0 Å². The molecule has 0 aliphatic rings. The third-order valence-corrected chi connectivity index (χ3v) is 3.17. The molecule has 5 heteroatoms. The van der Waals surface area contributed by atoms with Crippen LogP contribution in [-0.4, -0.2) is 30.7 Å². The molecule has 1 unspecified atom stereocenters. The number of hydrogen-bond donors (Lipinski definition) is 3. The van der Waals surface area contributed by atoms with Gasteiger partial charge in [0, 0.05) is 13.1 Å². The number of furan rings is 1. The second-order valence-corrected chi connectivity index (χ2v) is 5.99. The van der Waals surface area contributed by atoms with Gasteiger partial charge in [-0.2, -0.15) is 0 Å². The van der Waals surface area contributed by atoms with Gasteiger partial charge in [-0.15, -0.1) is 0 Å². The first-order valence-electron chi connectivity index (χ1n) is 7.66. The Balaban J connectivity index is 2.63. The lowest BCUT2D eigenvalue weighted by atomic mass is 10.0. The Morgan fingerprint density at radius 3 is 2.62 bits per heavy atom. The number of aliphatic imine (C=N–C) groups is 1. The maximum absolute atomic E-state index is 10.5. The zero-order valence-electron chi connectivity index (χ0n) is 13.9. The van der Waals surface area contributed by atoms with Crippen LogP contribution in [0.1, 0.15) is 45.6 Å². The Labute approximate surface area is 127 Å². The van der Waals surface area contributed by atoms with E-state index in [0.717, 1.165) is 31.2 Å². The molecule has 0 amide bonds. The van der Waals surface area contributed by atoms with Crippen LogP contribution < -0.4 is 10.6 Å². The van der Waals surface area contributed by atoms with E-state index in [1.165, 1.54) is 0 Å². The van der Waals surface area contributed by atoms with E-state index >= 15 is 0 Å². The summed E-state index contributed by atoms with van der Waals surface area (Å²) in [5.74, 6) is 2.70. The van der Waals surface area contributed by atoms with Crippen molar-refractivity contribution in [2.45, 2.75) is 46.6 Å². The van der Waals surface area contributed by atoms with Crippen LogP contribution in [0.3, 0.4) is 0 Å². The molecule has 1 aromatic rings. The molecule has 0 radical (unpaired) electrons. The van der Waals surface area contributed by atoms with E-state index in [4.69, 9.17) is 4.42 Å². The average molecular weight is 295 g/mol. The van der Waals surface area contributed by atoms with E-state index in [0.29, 0.717) is 11.7 Å². The summed E-state index contributed by atoms with van der Waals surface area (Å²) in [7, 11) is 0. The van der Waals surface area contributed by atoms with Gasteiger partial charge in [-0.05, 0) is 45.2 Å². The molecule has 0 saturated carbocycles. The summed E-state index contributed by atoms with van der Waals surface area (Å²) in [5.41, 5.74) is -1.10. The Hall–Kier alpha value is -1.49. The first-order valence-corrected chi connectivity index (χ1v) is 7.66. The van der Waals surface area contributed by atoms with Gasteiger partial charge in [0.1, 0.15) is 17.1 Å². The summed E-state index contributed by atoms with van der Waals surface area (Å²) in [6.07, 6.45) is 1.08. The van der Waals surface area contributed by atoms with Crippen molar-refractivity contribution < 1.29 is 9.52 Å². The van der Waals surface area contributed by atoms with E-state index in [-0.39, 0.29) is 6.54 Å². The van der Waals surface area contributed by atoms with Gasteiger partial charge in [0.15, 0.2) is 5.96 Å². The van der Waals surface area contributed by atoms with Crippen LogP contribution in [0, 0.1) is 12.8 Å². The number of aliphatic hydroxyl groups is 1. The molecule has 0 aliphatic heterocycles. The Morgan fingerprint density at radius 1 is 1.38 bits per heavy atom. The normalized spacial score (nSPS) is 15.1. The quantitative estimate of drug-likeness (QED) is 0.533. The average Bonchev–Trinajstić information content (AvgIpc) is 2.83. The molecule has 0 saturated heterocycles. The second-order valence-electron chi connectivity index (χ2n) is 5.99. The molecule has 1 heterocycles. The van der Waals surface area contributed by atoms with Crippen LogP contribution in [0.15, 0.2) is 21.5 Å². The Bertz CT molecular complexity index is 450. The lowest BCUT2D eigenvalue weighted by molar-refractivity contribution is 0.0428. The van der Waals surface area contributed by atoms with Crippen molar-refractivity contribution >= 4 is 5.96 Å². The van der Waals surface area contributed by atoms with Gasteiger partial charge < -0.3 is 20.2 Å². The standard InChI is InChI=1S/C16H29N3O2/c1-6-17-15(18-10-9-12(2)3)19-11-16(5,20)14-8-7-13(4)21-14/h7-8,12,20H,6,9-11H2,1-5H3,(H2,17,18,19). The van der Waals surface area contributed by atoms with Crippen molar-refractivity contribution in [3.05, 3.63) is 23.7 Å². The van der Waals surface area contributed by atoms with E-state index in [2.05, 4.69) is 29.5 Å². The molecule has 21 heavy (non-hydrogen) atoms. The Morgan fingerprint density at radius 2 is 2.10 bits per heavy atom. The van der Waals surface area contributed by atoms with Crippen LogP contribution in [0.5, 0.6) is 0 Å². The highest BCUT2D eigenvalue weighted by Crippen LogP contribution is 2.22. The molecule has 5 nitrogen and oxygen atoms in total. The molecule has 120 valence electrons. The van der Waals surface area contributed by atoms with Gasteiger partial charge in [0.25, 0.3) is 0 Å². The van der Waals surface area contributed by atoms with Crippen LogP contribution in [0.25, 0.3) is 0 Å². The number of guanidine groups is 1. The molecule has 1 rings (SSSR count). The molecule has 1 aromatic heterocycles. The predicted octanol–water partition coefficient (Wildman–Crippen LogP) is 2.40. The minimum atomic E-state index is -1.10. The highest BCUT2D eigenvalue weighted by Gasteiger charge is 2.26. The molecule has 0 spiro atoms. The van der Waals surface area contributed by atoms with Gasteiger partial charge in [-0.1, -0.05) is 13.8 Å². The van der Waals surface area contributed by atoms with E-state index in [9.17, 15) is 5.11 Å². The summed E-state index contributed by atoms with van der Waals surface area (Å²) < 4.78 is 5.49. The Kier molecular flexibility index (Phi) is 6.75. The lowest BCUT2D eigenvalue weighted by Crippen LogP contribution is -2.39. The largest absolute Gasteiger partial charge is 0.463 e. The summed E-state index contributed by atoms with van der Waals surface area (Å²) in [6.45, 7) is 11.9. The first-order chi connectivity index (χ1) is 9.85. The third kappa shape index (κ3) is 6.21. The summed E-state index contributed by atoms with van der Waals surface area (Å²) in [6, 6.07) is 3.64. The minimum absolute atomic E-state index is 0.247. The second kappa shape index (κ2) is 8.08. The summed E-state index contributed by atoms with van der Waals surface area (Å²) >= 11 is 0. The van der Waals surface area contributed by atoms with Gasteiger partial charge in [0.05, 0.1) is 6.54 Å².